The molecule has 0 fully saturated rings. The van der Waals surface area contributed by atoms with E-state index in [-0.39, 0.29) is 10.8 Å². The number of benzene rings is 15. The molecule has 0 aliphatic heterocycles. The normalized spacial score (nSPS) is 13.7. The molecule has 0 nitrogen and oxygen atoms in total. The molecular formula is C84H58. The predicted octanol–water partition coefficient (Wildman–Crippen LogP) is 23.2. The zero-order valence-corrected chi connectivity index (χ0v) is 47.6. The average molecular weight is 1070 g/mol. The highest BCUT2D eigenvalue weighted by Gasteiger charge is 2.38. The van der Waals surface area contributed by atoms with Crippen molar-refractivity contribution in [1.29, 1.82) is 0 Å². The monoisotopic (exact) mass is 1070 g/mol. The summed E-state index contributed by atoms with van der Waals surface area (Å²) in [5.74, 6) is 0. The second-order valence-corrected chi connectivity index (χ2v) is 24.5. The smallest absolute Gasteiger partial charge is 0.0159 e. The van der Waals surface area contributed by atoms with Gasteiger partial charge in [0, 0.05) is 10.8 Å². The zero-order chi connectivity index (χ0) is 56.0. The third-order valence-corrected chi connectivity index (χ3v) is 19.4. The van der Waals surface area contributed by atoms with Gasteiger partial charge >= 0.3 is 0 Å². The van der Waals surface area contributed by atoms with Gasteiger partial charge in [-0.05, 0) is 200 Å². The van der Waals surface area contributed by atoms with Gasteiger partial charge in [0.2, 0.25) is 0 Å². The molecule has 84 heavy (non-hydrogen) atoms. The first-order valence-corrected chi connectivity index (χ1v) is 29.7. The van der Waals surface area contributed by atoms with Gasteiger partial charge in [-0.25, -0.2) is 0 Å². The first-order chi connectivity index (χ1) is 41.2. The van der Waals surface area contributed by atoms with Crippen LogP contribution in [-0.4, -0.2) is 0 Å². The molecule has 2 aliphatic rings. The van der Waals surface area contributed by atoms with Gasteiger partial charge in [-0.15, -0.1) is 0 Å². The average Bonchev–Trinajstić information content (AvgIpc) is 1.95. The van der Waals surface area contributed by atoms with Gasteiger partial charge in [0.25, 0.3) is 0 Å². The molecule has 2 aliphatic carbocycles. The highest BCUT2D eigenvalue weighted by atomic mass is 14.4. The van der Waals surface area contributed by atoms with E-state index in [2.05, 4.69) is 307 Å². The molecule has 0 spiro atoms. The highest BCUT2D eigenvalue weighted by Crippen LogP contribution is 2.56. The molecule has 0 aromatic heterocycles. The van der Waals surface area contributed by atoms with Crippen molar-refractivity contribution in [2.24, 2.45) is 0 Å². The van der Waals surface area contributed by atoms with Crippen LogP contribution in [0, 0.1) is 0 Å². The summed E-state index contributed by atoms with van der Waals surface area (Å²) < 4.78 is 0. The third-order valence-electron chi connectivity index (χ3n) is 19.4. The fourth-order valence-corrected chi connectivity index (χ4v) is 15.5. The number of hydrogen-bond acceptors (Lipinski definition) is 0. The van der Waals surface area contributed by atoms with Crippen molar-refractivity contribution in [2.75, 3.05) is 0 Å². The van der Waals surface area contributed by atoms with E-state index in [0.717, 1.165) is 0 Å². The lowest BCUT2D eigenvalue weighted by Crippen LogP contribution is -2.15. The quantitative estimate of drug-likeness (QED) is 0.146. The van der Waals surface area contributed by atoms with Crippen LogP contribution in [-0.2, 0) is 10.8 Å². The summed E-state index contributed by atoms with van der Waals surface area (Å²) in [4.78, 5) is 0. The second-order valence-electron chi connectivity index (χ2n) is 24.5. The number of fused-ring (bicyclic) bond motifs is 12. The van der Waals surface area contributed by atoms with E-state index in [1.165, 1.54) is 176 Å². The van der Waals surface area contributed by atoms with Crippen LogP contribution in [0.5, 0.6) is 0 Å². The number of hydrogen-bond donors (Lipinski definition) is 0. The molecule has 0 heteroatoms. The molecule has 0 unspecified atom stereocenters. The van der Waals surface area contributed by atoms with E-state index in [1.807, 2.05) is 0 Å². The molecule has 0 heterocycles. The standard InChI is InChI=1S/C84H58/c1-83(2)73-47-53(51-23-7-5-8-24-51)39-43-57(73)58-44-41-55(49-74(58)83)79-65-31-15-19-35-69(65)81(70-36-20-16-32-66(70)79)82-71-37-21-17-33-67(71)80(68-34-18-22-38-72(68)82)56-42-46-60-59-45-40-54(48-75(59)84(3,4)76(60)50-56)78-63-29-13-11-27-61(63)77(52-25-9-6-10-26-52)62-28-12-14-30-64(62)78/h5-50H,1-4H3. The largest absolute Gasteiger partial charge is 0.0622 e. The van der Waals surface area contributed by atoms with Crippen LogP contribution < -0.4 is 0 Å². The molecule has 0 bridgehead atoms. The molecule has 0 N–H and O–H groups in total. The van der Waals surface area contributed by atoms with Gasteiger partial charge in [-0.3, -0.25) is 0 Å². The van der Waals surface area contributed by atoms with E-state index in [1.54, 1.807) is 0 Å². The molecule has 0 saturated carbocycles. The summed E-state index contributed by atoms with van der Waals surface area (Å²) in [6.45, 7) is 9.68. The minimum absolute atomic E-state index is 0.180. The number of rotatable bonds is 6. The van der Waals surface area contributed by atoms with Crippen molar-refractivity contribution in [1.82, 2.24) is 0 Å². The Morgan fingerprint density at radius 1 is 0.167 bits per heavy atom. The van der Waals surface area contributed by atoms with Crippen molar-refractivity contribution in [3.05, 3.63) is 301 Å². The van der Waals surface area contributed by atoms with Gasteiger partial charge in [-0.1, -0.05) is 282 Å². The summed E-state index contributed by atoms with van der Waals surface area (Å²) in [7, 11) is 0. The molecule has 0 radical (unpaired) electrons. The Morgan fingerprint density at radius 3 is 0.643 bits per heavy atom. The van der Waals surface area contributed by atoms with Crippen LogP contribution in [0.1, 0.15) is 49.9 Å². The van der Waals surface area contributed by atoms with Gasteiger partial charge < -0.3 is 0 Å². The molecule has 15 aromatic rings. The molecule has 0 atom stereocenters. The minimum Gasteiger partial charge on any atom is -0.0622 e. The van der Waals surface area contributed by atoms with E-state index in [4.69, 9.17) is 0 Å². The van der Waals surface area contributed by atoms with E-state index in [0.29, 0.717) is 0 Å². The lowest BCUT2D eigenvalue weighted by molar-refractivity contribution is 0.660. The molecule has 0 saturated heterocycles. The Hall–Kier alpha value is -10.1. The van der Waals surface area contributed by atoms with E-state index in [9.17, 15) is 0 Å². The topological polar surface area (TPSA) is 0 Å². The first-order valence-electron chi connectivity index (χ1n) is 29.7. The van der Waals surface area contributed by atoms with Crippen LogP contribution in [0.15, 0.2) is 279 Å². The fourth-order valence-electron chi connectivity index (χ4n) is 15.5. The predicted molar refractivity (Wildman–Crippen MR) is 359 cm³/mol. The summed E-state index contributed by atoms with van der Waals surface area (Å²) in [6, 6.07) is 105. The van der Waals surface area contributed by atoms with Gasteiger partial charge in [0.15, 0.2) is 0 Å². The summed E-state index contributed by atoms with van der Waals surface area (Å²) in [6.07, 6.45) is 0. The maximum absolute atomic E-state index is 2.53. The van der Waals surface area contributed by atoms with Gasteiger partial charge in [0.05, 0.1) is 0 Å². The molecular weight excluding hydrogens is 1010 g/mol. The van der Waals surface area contributed by atoms with Gasteiger partial charge in [-0.2, -0.15) is 0 Å². The van der Waals surface area contributed by atoms with E-state index < -0.39 is 0 Å². The molecule has 15 aromatic carbocycles. The third kappa shape index (κ3) is 6.95. The maximum Gasteiger partial charge on any atom is 0.0159 e. The fraction of sp³-hybridized carbons (Fsp3) is 0.0714. The second kappa shape index (κ2) is 18.2. The Balaban J connectivity index is 0.814. The van der Waals surface area contributed by atoms with Crippen molar-refractivity contribution in [3.63, 3.8) is 0 Å². The Bertz CT molecular complexity index is 5110. The van der Waals surface area contributed by atoms with Crippen LogP contribution >= 0.6 is 0 Å². The molecule has 0 amide bonds. The van der Waals surface area contributed by atoms with Crippen LogP contribution in [0.3, 0.4) is 0 Å². The maximum atomic E-state index is 2.53. The lowest BCUT2D eigenvalue weighted by atomic mass is 9.78. The minimum atomic E-state index is -0.262. The first kappa shape index (κ1) is 48.6. The van der Waals surface area contributed by atoms with Crippen LogP contribution in [0.25, 0.3) is 154 Å². The Morgan fingerprint density at radius 2 is 0.369 bits per heavy atom. The van der Waals surface area contributed by atoms with Crippen molar-refractivity contribution in [3.8, 4) is 89.0 Å². The molecule has 17 rings (SSSR count). The zero-order valence-electron chi connectivity index (χ0n) is 47.6. The van der Waals surface area contributed by atoms with Crippen LogP contribution in [0.2, 0.25) is 0 Å². The van der Waals surface area contributed by atoms with Crippen LogP contribution in [0.4, 0.5) is 0 Å². The summed E-state index contributed by atoms with van der Waals surface area (Å²) in [5.41, 5.74) is 25.5. The Labute approximate surface area is 490 Å². The van der Waals surface area contributed by atoms with E-state index >= 15 is 0 Å². The highest BCUT2D eigenvalue weighted by molar-refractivity contribution is 6.30. The van der Waals surface area contributed by atoms with Crippen molar-refractivity contribution in [2.45, 2.75) is 38.5 Å². The van der Waals surface area contributed by atoms with Gasteiger partial charge in [0.1, 0.15) is 0 Å². The summed E-state index contributed by atoms with van der Waals surface area (Å²) >= 11 is 0. The van der Waals surface area contributed by atoms with Crippen molar-refractivity contribution < 1.29 is 0 Å². The SMILES string of the molecule is CC1(C)c2cc(-c3ccccc3)ccc2-c2ccc(-c3c4ccccc4c(-c4c5ccccc5c(-c5ccc6c(c5)C(C)(C)c5cc(-c7c8ccccc8c(-c8ccccc8)c8ccccc78)ccc5-6)c5ccccc45)c4ccccc34)cc21. The Kier molecular flexibility index (Phi) is 10.5. The lowest BCUT2D eigenvalue weighted by Gasteiger charge is -2.25. The van der Waals surface area contributed by atoms with Crippen molar-refractivity contribution >= 4 is 64.6 Å². The molecule has 394 valence electrons. The summed E-state index contributed by atoms with van der Waals surface area (Å²) in [5, 5.41) is 15.2.